The van der Waals surface area contributed by atoms with Crippen molar-refractivity contribution in [1.29, 1.82) is 0 Å². The number of hydrogen-bond donors (Lipinski definition) is 1. The first-order chi connectivity index (χ1) is 28.5. The van der Waals surface area contributed by atoms with Crippen molar-refractivity contribution < 1.29 is 19.1 Å². The molecule has 7 rings (SSSR count). The molecule has 0 aromatic heterocycles. The fourth-order valence-corrected chi connectivity index (χ4v) is 5.94. The number of ketones is 1. The fourth-order valence-electron chi connectivity index (χ4n) is 5.94. The van der Waals surface area contributed by atoms with Crippen LogP contribution in [0.3, 0.4) is 0 Å². The summed E-state index contributed by atoms with van der Waals surface area (Å²) in [5.41, 5.74) is 20.9. The van der Waals surface area contributed by atoms with Gasteiger partial charge in [-0.15, -0.1) is 0 Å². The zero-order chi connectivity index (χ0) is 43.9. The molecule has 1 amide bonds. The number of amides is 1. The summed E-state index contributed by atoms with van der Waals surface area (Å²) in [5, 5.41) is 0. The van der Waals surface area contributed by atoms with Gasteiger partial charge in [0.15, 0.2) is 5.78 Å². The quantitative estimate of drug-likeness (QED) is 0.162. The van der Waals surface area contributed by atoms with Crippen molar-refractivity contribution in [3.8, 4) is 23.0 Å². The zero-order valence-corrected chi connectivity index (χ0v) is 37.1. The average molecular weight is 830 g/mol. The van der Waals surface area contributed by atoms with Gasteiger partial charge in [-0.2, -0.15) is 0 Å². The van der Waals surface area contributed by atoms with Crippen LogP contribution >= 0.6 is 0 Å². The minimum Gasteiger partial charge on any atom is -0.457 e. The van der Waals surface area contributed by atoms with Crippen LogP contribution in [0.5, 0.6) is 23.0 Å². The van der Waals surface area contributed by atoms with E-state index < -0.39 is 5.91 Å². The van der Waals surface area contributed by atoms with Gasteiger partial charge >= 0.3 is 0 Å². The number of para-hydroxylation sites is 1. The van der Waals surface area contributed by atoms with Crippen molar-refractivity contribution >= 4 is 11.7 Å². The number of benzene rings is 7. The number of nitrogens with two attached hydrogens (primary N) is 1. The highest BCUT2D eigenvalue weighted by molar-refractivity contribution is 6.09. The second-order valence-electron chi connectivity index (χ2n) is 15.4. The highest BCUT2D eigenvalue weighted by Crippen LogP contribution is 2.25. The summed E-state index contributed by atoms with van der Waals surface area (Å²) < 4.78 is 11.3. The molecule has 0 saturated carbocycles. The molecule has 5 nitrogen and oxygen atoms in total. The van der Waals surface area contributed by atoms with Crippen molar-refractivity contribution in [2.24, 2.45) is 5.73 Å². The monoisotopic (exact) mass is 830 g/mol. The molecule has 0 spiro atoms. The van der Waals surface area contributed by atoms with E-state index >= 15 is 0 Å². The summed E-state index contributed by atoms with van der Waals surface area (Å²) in [5.74, 6) is 2.75. The molecule has 324 valence electrons. The molecule has 0 aliphatic carbocycles. The molecular formula is C57H67NO4. The zero-order valence-electron chi connectivity index (χ0n) is 37.1. The minimum absolute atomic E-state index is 0. The molecule has 7 aromatic carbocycles. The van der Waals surface area contributed by atoms with Crippen molar-refractivity contribution in [1.82, 2.24) is 0 Å². The highest BCUT2D eigenvalue weighted by Gasteiger charge is 2.11. The number of primary amides is 1. The maximum absolute atomic E-state index is 12.4. The molecule has 0 heterocycles. The third kappa shape index (κ3) is 15.7. The fraction of sp³-hybridized carbons (Fsp3) is 0.228. The van der Waals surface area contributed by atoms with Gasteiger partial charge in [0.1, 0.15) is 23.0 Å². The number of hydrogen-bond acceptors (Lipinski definition) is 4. The van der Waals surface area contributed by atoms with Crippen LogP contribution in [0.25, 0.3) is 0 Å². The Balaban J connectivity index is 0.000000287. The van der Waals surface area contributed by atoms with Crippen LogP contribution in [0.4, 0.5) is 0 Å². The second kappa shape index (κ2) is 24.5. The van der Waals surface area contributed by atoms with E-state index in [1.807, 2.05) is 155 Å². The summed E-state index contributed by atoms with van der Waals surface area (Å²) in [7, 11) is 0. The van der Waals surface area contributed by atoms with E-state index in [1.165, 1.54) is 44.5 Å². The Morgan fingerprint density at radius 3 is 1.08 bits per heavy atom. The van der Waals surface area contributed by atoms with Crippen LogP contribution in [-0.4, -0.2) is 11.7 Å². The Hall–Kier alpha value is -6.72. The molecule has 0 radical (unpaired) electrons. The van der Waals surface area contributed by atoms with Crippen molar-refractivity contribution in [3.63, 3.8) is 0 Å². The summed E-state index contributed by atoms with van der Waals surface area (Å²) in [4.78, 5) is 23.6. The minimum atomic E-state index is -0.443. The number of ether oxygens (including phenoxy) is 2. The number of carbonyl (C=O) groups is 2. The molecule has 0 atom stereocenters. The lowest BCUT2D eigenvalue weighted by atomic mass is 9.97. The van der Waals surface area contributed by atoms with E-state index in [2.05, 4.69) is 60.6 Å². The van der Waals surface area contributed by atoms with Gasteiger partial charge in [0.2, 0.25) is 5.91 Å². The summed E-state index contributed by atoms with van der Waals surface area (Å²) in [6.07, 6.45) is 0. The van der Waals surface area contributed by atoms with Crippen LogP contribution in [0.1, 0.15) is 102 Å². The Labute approximate surface area is 372 Å². The number of carbonyl (C=O) groups excluding carboxylic acids is 2. The molecule has 62 heavy (non-hydrogen) atoms. The van der Waals surface area contributed by atoms with Crippen LogP contribution in [0.2, 0.25) is 0 Å². The average Bonchev–Trinajstić information content (AvgIpc) is 3.22. The lowest BCUT2D eigenvalue weighted by Crippen LogP contribution is -2.12. The summed E-state index contributed by atoms with van der Waals surface area (Å²) in [6, 6.07) is 47.1. The van der Waals surface area contributed by atoms with Gasteiger partial charge in [-0.1, -0.05) is 111 Å². The lowest BCUT2D eigenvalue weighted by Gasteiger charge is -2.08. The smallest absolute Gasteiger partial charge is 0.249 e. The maximum atomic E-state index is 12.4. The SMILES string of the molecule is C.C.Cc1cc(C)c(C)cc1C.Cc1ccc(C(=O)c2ccc(C)c(C)c2)cc1C.Cc1ccc(Oc2ccc(C)c(C(N)=O)c2)cc1.Cc1ccc(Oc2ccccc2)cc1. The van der Waals surface area contributed by atoms with E-state index in [9.17, 15) is 9.59 Å². The van der Waals surface area contributed by atoms with Gasteiger partial charge < -0.3 is 15.2 Å². The van der Waals surface area contributed by atoms with Gasteiger partial charge in [-0.05, 0) is 187 Å². The van der Waals surface area contributed by atoms with Crippen LogP contribution < -0.4 is 15.2 Å². The predicted octanol–water partition coefficient (Wildman–Crippen LogP) is 15.3. The molecular weight excluding hydrogens is 763 g/mol. The van der Waals surface area contributed by atoms with Crippen LogP contribution in [-0.2, 0) is 0 Å². The number of rotatable bonds is 7. The molecule has 0 aliphatic heterocycles. The van der Waals surface area contributed by atoms with E-state index in [0.717, 1.165) is 45.1 Å². The second-order valence-corrected chi connectivity index (χ2v) is 15.4. The topological polar surface area (TPSA) is 78.6 Å². The van der Waals surface area contributed by atoms with Crippen molar-refractivity contribution in [2.75, 3.05) is 0 Å². The first-order valence-corrected chi connectivity index (χ1v) is 20.2. The predicted molar refractivity (Wildman–Crippen MR) is 263 cm³/mol. The third-order valence-corrected chi connectivity index (χ3v) is 10.4. The Morgan fingerprint density at radius 1 is 0.355 bits per heavy atom. The molecule has 0 saturated heterocycles. The van der Waals surface area contributed by atoms with E-state index in [0.29, 0.717) is 11.3 Å². The summed E-state index contributed by atoms with van der Waals surface area (Å²) in [6.45, 7) is 22.7. The van der Waals surface area contributed by atoms with Crippen molar-refractivity contribution in [2.45, 2.75) is 91.0 Å². The standard InChI is InChI=1S/C17H18O.C15H15NO2.C13H12O.C10H14.2CH4/c1-11-5-7-15(9-13(11)3)17(18)16-8-6-12(2)14(4)10-16;1-10-3-6-12(7-4-10)18-13-8-5-11(2)14(9-13)15(16)17;1-11-7-9-13(10-8-11)14-12-5-3-2-4-6-12;1-7-5-9(3)10(4)6-8(7)2;;/h5-10H,1-4H3;3-9H,1-2H3,(H2,16,17);2-10H,1H3;5-6H,1-4H3;2*1H4. The van der Waals surface area contributed by atoms with Gasteiger partial charge in [0, 0.05) is 16.7 Å². The van der Waals surface area contributed by atoms with Gasteiger partial charge in [-0.25, -0.2) is 0 Å². The summed E-state index contributed by atoms with van der Waals surface area (Å²) >= 11 is 0. The molecule has 0 aliphatic rings. The first kappa shape index (κ1) is 51.4. The Kier molecular flexibility index (Phi) is 20.3. The molecule has 0 fully saturated rings. The molecule has 2 N–H and O–H groups in total. The molecule has 7 aromatic rings. The van der Waals surface area contributed by atoms with E-state index in [4.69, 9.17) is 15.2 Å². The largest absolute Gasteiger partial charge is 0.457 e. The molecule has 5 heteroatoms. The normalized spacial score (nSPS) is 9.79. The highest BCUT2D eigenvalue weighted by atomic mass is 16.5. The van der Waals surface area contributed by atoms with Crippen LogP contribution in [0.15, 0.2) is 146 Å². The van der Waals surface area contributed by atoms with E-state index in [1.54, 1.807) is 6.07 Å². The van der Waals surface area contributed by atoms with E-state index in [-0.39, 0.29) is 20.6 Å². The Morgan fingerprint density at radius 2 is 0.694 bits per heavy atom. The number of aryl methyl sites for hydroxylation is 11. The van der Waals surface area contributed by atoms with Crippen molar-refractivity contribution in [3.05, 3.63) is 223 Å². The van der Waals surface area contributed by atoms with Gasteiger partial charge in [0.05, 0.1) is 0 Å². The maximum Gasteiger partial charge on any atom is 0.249 e. The first-order valence-electron chi connectivity index (χ1n) is 20.2. The molecule has 0 bridgehead atoms. The lowest BCUT2D eigenvalue weighted by molar-refractivity contribution is 0.0997. The molecule has 0 unspecified atom stereocenters. The Bertz CT molecular complexity index is 2410. The van der Waals surface area contributed by atoms with Gasteiger partial charge in [0.25, 0.3) is 0 Å². The van der Waals surface area contributed by atoms with Gasteiger partial charge in [-0.3, -0.25) is 9.59 Å². The van der Waals surface area contributed by atoms with Crippen LogP contribution in [0, 0.1) is 76.2 Å². The third-order valence-electron chi connectivity index (χ3n) is 10.4.